The Morgan fingerprint density at radius 1 is 1.19 bits per heavy atom. The molecule has 0 spiro atoms. The van der Waals surface area contributed by atoms with Crippen molar-refractivity contribution in [3.63, 3.8) is 0 Å². The van der Waals surface area contributed by atoms with E-state index in [9.17, 15) is 10.1 Å². The first kappa shape index (κ1) is 11.4. The minimum atomic E-state index is -0.607. The van der Waals surface area contributed by atoms with E-state index in [-0.39, 0.29) is 21.2 Å². The molecule has 0 bridgehead atoms. The number of aromatic nitrogens is 1. The molecule has 0 saturated heterocycles. The lowest BCUT2D eigenvalue weighted by Gasteiger charge is -2.04. The number of benzene rings is 1. The van der Waals surface area contributed by atoms with Crippen molar-refractivity contribution in [1.82, 2.24) is 4.98 Å². The molecular formula is C9H3Cl3N2O2. The van der Waals surface area contributed by atoms with Gasteiger partial charge in [0.2, 0.25) is 0 Å². The standard InChI is InChI=1S/C9H3Cl3N2O2/c10-4-1-2-13-8-7(4)5(11)3-6(12)9(8)14(15)16/h1-3H. The van der Waals surface area contributed by atoms with E-state index in [4.69, 9.17) is 34.8 Å². The number of nitro groups is 1. The number of nitrogens with zero attached hydrogens (tertiary/aromatic N) is 2. The Kier molecular flexibility index (Phi) is 2.88. The highest BCUT2D eigenvalue weighted by atomic mass is 35.5. The molecule has 0 aliphatic rings. The van der Waals surface area contributed by atoms with E-state index in [2.05, 4.69) is 4.98 Å². The van der Waals surface area contributed by atoms with E-state index in [1.807, 2.05) is 0 Å². The van der Waals surface area contributed by atoms with E-state index >= 15 is 0 Å². The van der Waals surface area contributed by atoms with Crippen molar-refractivity contribution in [2.45, 2.75) is 0 Å². The maximum atomic E-state index is 10.9. The SMILES string of the molecule is O=[N+]([O-])c1c(Cl)cc(Cl)c2c(Cl)ccnc12. The van der Waals surface area contributed by atoms with Gasteiger partial charge in [0.05, 0.1) is 15.0 Å². The van der Waals surface area contributed by atoms with Gasteiger partial charge in [-0.15, -0.1) is 0 Å². The fourth-order valence-electron chi connectivity index (χ4n) is 1.38. The summed E-state index contributed by atoms with van der Waals surface area (Å²) < 4.78 is 0. The Bertz CT molecular complexity index is 601. The van der Waals surface area contributed by atoms with Crippen LogP contribution in [0.5, 0.6) is 0 Å². The third-order valence-corrected chi connectivity index (χ3v) is 2.93. The van der Waals surface area contributed by atoms with Crippen molar-refractivity contribution in [2.75, 3.05) is 0 Å². The average Bonchev–Trinajstić information content (AvgIpc) is 2.15. The predicted octanol–water partition coefficient (Wildman–Crippen LogP) is 4.10. The summed E-state index contributed by atoms with van der Waals surface area (Å²) in [6, 6.07) is 2.80. The molecule has 0 aliphatic heterocycles. The van der Waals surface area contributed by atoms with Crippen LogP contribution in [0, 0.1) is 10.1 Å². The first-order valence-electron chi connectivity index (χ1n) is 4.09. The van der Waals surface area contributed by atoms with Gasteiger partial charge in [0.1, 0.15) is 5.02 Å². The lowest BCUT2D eigenvalue weighted by Crippen LogP contribution is -1.93. The monoisotopic (exact) mass is 276 g/mol. The summed E-state index contributed by atoms with van der Waals surface area (Å²) in [5, 5.41) is 11.7. The number of hydrogen-bond donors (Lipinski definition) is 0. The smallest absolute Gasteiger partial charge is 0.258 e. The Morgan fingerprint density at radius 2 is 1.88 bits per heavy atom. The molecule has 0 fully saturated rings. The molecule has 0 unspecified atom stereocenters. The Hall–Kier alpha value is -1.10. The van der Waals surface area contributed by atoms with Crippen molar-refractivity contribution >= 4 is 51.4 Å². The van der Waals surface area contributed by atoms with Gasteiger partial charge >= 0.3 is 5.69 Å². The van der Waals surface area contributed by atoms with Gasteiger partial charge < -0.3 is 0 Å². The average molecular weight is 277 g/mol. The molecule has 0 saturated carbocycles. The van der Waals surface area contributed by atoms with Crippen molar-refractivity contribution in [1.29, 1.82) is 0 Å². The third kappa shape index (κ3) is 1.69. The molecule has 0 radical (unpaired) electrons. The Labute approximate surface area is 105 Å². The second-order valence-corrected chi connectivity index (χ2v) is 4.18. The largest absolute Gasteiger partial charge is 0.314 e. The zero-order valence-corrected chi connectivity index (χ0v) is 9.84. The topological polar surface area (TPSA) is 56.0 Å². The maximum Gasteiger partial charge on any atom is 0.314 e. The molecule has 0 atom stereocenters. The molecule has 0 N–H and O–H groups in total. The number of pyridine rings is 1. The van der Waals surface area contributed by atoms with Crippen molar-refractivity contribution in [3.05, 3.63) is 43.5 Å². The molecule has 0 aliphatic carbocycles. The van der Waals surface area contributed by atoms with Crippen LogP contribution >= 0.6 is 34.8 Å². The van der Waals surface area contributed by atoms with E-state index in [1.54, 1.807) is 0 Å². The third-order valence-electron chi connectivity index (χ3n) is 2.03. The molecular weight excluding hydrogens is 274 g/mol. The predicted molar refractivity (Wildman–Crippen MR) is 63.4 cm³/mol. The highest BCUT2D eigenvalue weighted by molar-refractivity contribution is 6.44. The molecule has 1 heterocycles. The van der Waals surface area contributed by atoms with Gasteiger partial charge in [0.25, 0.3) is 0 Å². The summed E-state index contributed by atoms with van der Waals surface area (Å²) in [6.07, 6.45) is 1.37. The zero-order chi connectivity index (χ0) is 11.9. The van der Waals surface area contributed by atoms with Crippen LogP contribution in [0.3, 0.4) is 0 Å². The van der Waals surface area contributed by atoms with Crippen molar-refractivity contribution in [2.24, 2.45) is 0 Å². The number of fused-ring (bicyclic) bond motifs is 1. The molecule has 82 valence electrons. The summed E-state index contributed by atoms with van der Waals surface area (Å²) in [5.74, 6) is 0. The second-order valence-electron chi connectivity index (χ2n) is 2.96. The molecule has 16 heavy (non-hydrogen) atoms. The van der Waals surface area contributed by atoms with Gasteiger partial charge in [-0.25, -0.2) is 4.98 Å². The number of halogens is 3. The maximum absolute atomic E-state index is 10.9. The minimum Gasteiger partial charge on any atom is -0.258 e. The van der Waals surface area contributed by atoms with Crippen LogP contribution in [0.15, 0.2) is 18.3 Å². The normalized spacial score (nSPS) is 10.7. The molecule has 0 amide bonds. The lowest BCUT2D eigenvalue weighted by molar-refractivity contribution is -0.383. The first-order chi connectivity index (χ1) is 7.52. The summed E-state index contributed by atoms with van der Waals surface area (Å²) in [6.45, 7) is 0. The van der Waals surface area contributed by atoms with Gasteiger partial charge in [0, 0.05) is 11.6 Å². The van der Waals surface area contributed by atoms with Crippen molar-refractivity contribution < 1.29 is 4.92 Å². The van der Waals surface area contributed by atoms with Gasteiger partial charge in [-0.2, -0.15) is 0 Å². The minimum absolute atomic E-state index is 0.0581. The van der Waals surface area contributed by atoms with Crippen LogP contribution < -0.4 is 0 Å². The fourth-order valence-corrected chi connectivity index (χ4v) is 2.30. The van der Waals surface area contributed by atoms with Crippen molar-refractivity contribution in [3.8, 4) is 0 Å². The van der Waals surface area contributed by atoms with Gasteiger partial charge in [-0.1, -0.05) is 34.8 Å². The lowest BCUT2D eigenvalue weighted by atomic mass is 10.2. The van der Waals surface area contributed by atoms with E-state index in [1.165, 1.54) is 18.3 Å². The Morgan fingerprint density at radius 3 is 2.50 bits per heavy atom. The van der Waals surface area contributed by atoms with Gasteiger partial charge in [-0.3, -0.25) is 10.1 Å². The van der Waals surface area contributed by atoms with E-state index in [0.717, 1.165) is 0 Å². The first-order valence-corrected chi connectivity index (χ1v) is 5.22. The summed E-state index contributed by atoms with van der Waals surface area (Å²) in [5.41, 5.74) is -0.196. The van der Waals surface area contributed by atoms with E-state index in [0.29, 0.717) is 10.4 Å². The van der Waals surface area contributed by atoms with Crippen LogP contribution in [-0.4, -0.2) is 9.91 Å². The molecule has 2 aromatic rings. The summed E-state index contributed by atoms with van der Waals surface area (Å²) in [7, 11) is 0. The van der Waals surface area contributed by atoms with E-state index < -0.39 is 4.92 Å². The molecule has 1 aromatic heterocycles. The zero-order valence-electron chi connectivity index (χ0n) is 7.58. The second kappa shape index (κ2) is 4.05. The molecule has 7 heteroatoms. The van der Waals surface area contributed by atoms with Crippen LogP contribution in [0.25, 0.3) is 10.9 Å². The Balaban J connectivity index is 3.02. The quantitative estimate of drug-likeness (QED) is 0.582. The molecule has 1 aromatic carbocycles. The van der Waals surface area contributed by atoms with Crippen LogP contribution in [0.4, 0.5) is 5.69 Å². The number of rotatable bonds is 1. The number of hydrogen-bond acceptors (Lipinski definition) is 3. The molecule has 2 rings (SSSR count). The molecule has 4 nitrogen and oxygen atoms in total. The number of nitro benzene ring substituents is 1. The van der Waals surface area contributed by atoms with Gasteiger partial charge in [0.15, 0.2) is 5.52 Å². The van der Waals surface area contributed by atoms with Crippen LogP contribution in [0.1, 0.15) is 0 Å². The van der Waals surface area contributed by atoms with Gasteiger partial charge in [-0.05, 0) is 12.1 Å². The highest BCUT2D eigenvalue weighted by Gasteiger charge is 2.22. The summed E-state index contributed by atoms with van der Waals surface area (Å²) >= 11 is 17.6. The highest BCUT2D eigenvalue weighted by Crippen LogP contribution is 2.39. The summed E-state index contributed by atoms with van der Waals surface area (Å²) in [4.78, 5) is 14.1. The fraction of sp³-hybridized carbons (Fsp3) is 0. The van der Waals surface area contributed by atoms with Crippen LogP contribution in [0.2, 0.25) is 15.1 Å². The van der Waals surface area contributed by atoms with Crippen LogP contribution in [-0.2, 0) is 0 Å².